The molecule has 3 rings (SSSR count). The zero-order valence-electron chi connectivity index (χ0n) is 15.0. The summed E-state index contributed by atoms with van der Waals surface area (Å²) in [6.07, 6.45) is 0. The van der Waals surface area contributed by atoms with Gasteiger partial charge in [0.2, 0.25) is 5.79 Å². The Morgan fingerprint density at radius 2 is 1.38 bits per heavy atom. The highest BCUT2D eigenvalue weighted by Gasteiger charge is 2.44. The van der Waals surface area contributed by atoms with Crippen LogP contribution in [0.15, 0.2) is 42.5 Å². The number of carbonyl (C=O) groups excluding carboxylic acids is 1. The van der Waals surface area contributed by atoms with Gasteiger partial charge in [-0.15, -0.1) is 0 Å². The van der Waals surface area contributed by atoms with Crippen molar-refractivity contribution in [2.75, 3.05) is 21.3 Å². The third-order valence-electron chi connectivity index (χ3n) is 4.23. The van der Waals surface area contributed by atoms with Crippen LogP contribution < -0.4 is 14.2 Å². The molecule has 6 nitrogen and oxygen atoms in total. The summed E-state index contributed by atoms with van der Waals surface area (Å²) >= 11 is 0. The van der Waals surface area contributed by atoms with Crippen molar-refractivity contribution in [3.05, 3.63) is 53.6 Å². The molecule has 26 heavy (non-hydrogen) atoms. The van der Waals surface area contributed by atoms with E-state index in [-0.39, 0.29) is 5.57 Å². The van der Waals surface area contributed by atoms with Crippen molar-refractivity contribution in [3.8, 4) is 17.2 Å². The predicted octanol–water partition coefficient (Wildman–Crippen LogP) is 2.89. The SMILES string of the molecule is COc1ccc(C2=C(c3cc(OC)cc(OC)c3)C(=O)OC2(C)O)cc1. The molecule has 1 aliphatic heterocycles. The molecule has 1 atom stereocenters. The van der Waals surface area contributed by atoms with Crippen LogP contribution in [-0.4, -0.2) is 38.2 Å². The van der Waals surface area contributed by atoms with Crippen LogP contribution in [-0.2, 0) is 9.53 Å². The van der Waals surface area contributed by atoms with Crippen LogP contribution in [0.2, 0.25) is 0 Å². The van der Waals surface area contributed by atoms with E-state index in [2.05, 4.69) is 0 Å². The molecule has 1 unspecified atom stereocenters. The smallest absolute Gasteiger partial charge is 0.342 e. The number of ether oxygens (including phenoxy) is 4. The summed E-state index contributed by atoms with van der Waals surface area (Å²) in [5, 5.41) is 10.7. The summed E-state index contributed by atoms with van der Waals surface area (Å²) < 4.78 is 20.9. The van der Waals surface area contributed by atoms with Crippen LogP contribution in [0, 0.1) is 0 Å². The first-order valence-electron chi connectivity index (χ1n) is 7.98. The molecule has 0 saturated carbocycles. The minimum Gasteiger partial charge on any atom is -0.497 e. The Labute approximate surface area is 151 Å². The molecule has 6 heteroatoms. The quantitative estimate of drug-likeness (QED) is 0.831. The summed E-state index contributed by atoms with van der Waals surface area (Å²) in [5.41, 5.74) is 1.83. The summed E-state index contributed by atoms with van der Waals surface area (Å²) in [6, 6.07) is 12.1. The summed E-state index contributed by atoms with van der Waals surface area (Å²) in [5.74, 6) is -0.641. The Morgan fingerprint density at radius 1 is 0.846 bits per heavy atom. The number of cyclic esters (lactones) is 1. The van der Waals surface area contributed by atoms with Crippen LogP contribution in [0.25, 0.3) is 11.1 Å². The summed E-state index contributed by atoms with van der Waals surface area (Å²) in [4.78, 5) is 12.6. The summed E-state index contributed by atoms with van der Waals surface area (Å²) in [6.45, 7) is 1.44. The maximum absolute atomic E-state index is 12.6. The Balaban J connectivity index is 2.24. The lowest BCUT2D eigenvalue weighted by atomic mass is 9.91. The lowest BCUT2D eigenvalue weighted by molar-refractivity contribution is -0.169. The standard InChI is InChI=1S/C20H20O6/c1-20(22)18(12-5-7-14(23-2)8-6-12)17(19(21)26-20)13-9-15(24-3)11-16(10-13)25-4/h5-11,22H,1-4H3. The van der Waals surface area contributed by atoms with Gasteiger partial charge in [-0.2, -0.15) is 0 Å². The number of esters is 1. The molecule has 1 heterocycles. The van der Waals surface area contributed by atoms with Crippen molar-refractivity contribution in [3.63, 3.8) is 0 Å². The first-order chi connectivity index (χ1) is 12.4. The van der Waals surface area contributed by atoms with E-state index in [1.165, 1.54) is 21.1 Å². The fourth-order valence-electron chi connectivity index (χ4n) is 3.00. The van der Waals surface area contributed by atoms with E-state index < -0.39 is 11.8 Å². The van der Waals surface area contributed by atoms with Crippen molar-refractivity contribution in [1.82, 2.24) is 0 Å². The maximum atomic E-state index is 12.6. The zero-order valence-corrected chi connectivity index (χ0v) is 15.0. The highest BCUT2D eigenvalue weighted by molar-refractivity contribution is 6.28. The number of benzene rings is 2. The molecule has 0 fully saturated rings. The molecule has 0 aromatic heterocycles. The van der Waals surface area contributed by atoms with Gasteiger partial charge < -0.3 is 24.1 Å². The van der Waals surface area contributed by atoms with Gasteiger partial charge in [0, 0.05) is 18.6 Å². The zero-order chi connectivity index (χ0) is 18.9. The molecule has 136 valence electrons. The fourth-order valence-corrected chi connectivity index (χ4v) is 3.00. The maximum Gasteiger partial charge on any atom is 0.342 e. The second-order valence-electron chi connectivity index (χ2n) is 5.95. The molecule has 0 spiro atoms. The molecule has 0 saturated heterocycles. The van der Waals surface area contributed by atoms with Crippen LogP contribution >= 0.6 is 0 Å². The van der Waals surface area contributed by atoms with Gasteiger partial charge in [-0.1, -0.05) is 12.1 Å². The number of rotatable bonds is 5. The van der Waals surface area contributed by atoms with E-state index in [4.69, 9.17) is 18.9 Å². The number of hydrogen-bond donors (Lipinski definition) is 1. The Kier molecular flexibility index (Phi) is 4.61. The number of aliphatic hydroxyl groups is 1. The van der Waals surface area contributed by atoms with Crippen molar-refractivity contribution < 1.29 is 28.8 Å². The lowest BCUT2D eigenvalue weighted by Gasteiger charge is -2.20. The van der Waals surface area contributed by atoms with E-state index in [9.17, 15) is 9.90 Å². The fraction of sp³-hybridized carbons (Fsp3) is 0.250. The number of carbonyl (C=O) groups is 1. The van der Waals surface area contributed by atoms with Crippen LogP contribution in [0.3, 0.4) is 0 Å². The van der Waals surface area contributed by atoms with Crippen molar-refractivity contribution >= 4 is 17.1 Å². The van der Waals surface area contributed by atoms with Gasteiger partial charge in [0.25, 0.3) is 0 Å². The normalized spacial score (nSPS) is 19.3. The topological polar surface area (TPSA) is 74.2 Å². The van der Waals surface area contributed by atoms with Crippen LogP contribution in [0.1, 0.15) is 18.1 Å². The molecule has 0 radical (unpaired) electrons. The highest BCUT2D eigenvalue weighted by atomic mass is 16.7. The first kappa shape index (κ1) is 17.8. The monoisotopic (exact) mass is 356 g/mol. The van der Waals surface area contributed by atoms with Gasteiger partial charge in [0.1, 0.15) is 17.2 Å². The van der Waals surface area contributed by atoms with Crippen molar-refractivity contribution in [2.45, 2.75) is 12.7 Å². The molecular formula is C20H20O6. The Hall–Kier alpha value is -2.99. The highest BCUT2D eigenvalue weighted by Crippen LogP contribution is 2.44. The van der Waals surface area contributed by atoms with Gasteiger partial charge >= 0.3 is 5.97 Å². The Morgan fingerprint density at radius 3 is 1.88 bits per heavy atom. The predicted molar refractivity (Wildman–Crippen MR) is 96.1 cm³/mol. The third kappa shape index (κ3) is 3.11. The molecule has 0 bridgehead atoms. The molecule has 2 aromatic rings. The van der Waals surface area contributed by atoms with Gasteiger partial charge in [-0.05, 0) is 35.4 Å². The Bertz CT molecular complexity index is 842. The van der Waals surface area contributed by atoms with Crippen molar-refractivity contribution in [2.24, 2.45) is 0 Å². The molecular weight excluding hydrogens is 336 g/mol. The molecule has 2 aromatic carbocycles. The largest absolute Gasteiger partial charge is 0.497 e. The summed E-state index contributed by atoms with van der Waals surface area (Å²) in [7, 11) is 4.63. The van der Waals surface area contributed by atoms with E-state index in [1.54, 1.807) is 49.6 Å². The van der Waals surface area contributed by atoms with E-state index in [0.29, 0.717) is 33.9 Å². The molecule has 0 aliphatic carbocycles. The average molecular weight is 356 g/mol. The average Bonchev–Trinajstić information content (AvgIpc) is 2.89. The molecule has 0 amide bonds. The van der Waals surface area contributed by atoms with Crippen LogP contribution in [0.4, 0.5) is 0 Å². The molecule has 1 aliphatic rings. The minimum absolute atomic E-state index is 0.261. The van der Waals surface area contributed by atoms with Gasteiger partial charge in [-0.25, -0.2) is 4.79 Å². The van der Waals surface area contributed by atoms with E-state index in [1.807, 2.05) is 0 Å². The lowest BCUT2D eigenvalue weighted by Crippen LogP contribution is -2.26. The number of methoxy groups -OCH3 is 3. The first-order valence-corrected chi connectivity index (χ1v) is 7.98. The third-order valence-corrected chi connectivity index (χ3v) is 4.23. The van der Waals surface area contributed by atoms with Crippen LogP contribution in [0.5, 0.6) is 17.2 Å². The van der Waals surface area contributed by atoms with Crippen molar-refractivity contribution in [1.29, 1.82) is 0 Å². The minimum atomic E-state index is -1.75. The van der Waals surface area contributed by atoms with E-state index in [0.717, 1.165) is 0 Å². The van der Waals surface area contributed by atoms with E-state index >= 15 is 0 Å². The van der Waals surface area contributed by atoms with Gasteiger partial charge in [0.05, 0.1) is 26.9 Å². The second kappa shape index (κ2) is 6.72. The second-order valence-corrected chi connectivity index (χ2v) is 5.95. The molecule has 1 N–H and O–H groups in total. The van der Waals surface area contributed by atoms with Gasteiger partial charge in [-0.3, -0.25) is 0 Å². The number of hydrogen-bond acceptors (Lipinski definition) is 6. The van der Waals surface area contributed by atoms with Gasteiger partial charge in [0.15, 0.2) is 0 Å².